The number of para-hydroxylation sites is 3. The van der Waals surface area contributed by atoms with Crippen molar-refractivity contribution in [1.29, 1.82) is 0 Å². The van der Waals surface area contributed by atoms with Crippen LogP contribution in [-0.2, 0) is 0 Å². The summed E-state index contributed by atoms with van der Waals surface area (Å²) in [6, 6.07) is 73.5. The van der Waals surface area contributed by atoms with Crippen molar-refractivity contribution in [3.05, 3.63) is 206 Å². The minimum absolute atomic E-state index is 0.628. The molecule has 1 aliphatic rings. The molecule has 0 aliphatic carbocycles. The predicted octanol–water partition coefficient (Wildman–Crippen LogP) is 14.3. The second-order valence-corrected chi connectivity index (χ2v) is 16.1. The van der Waals surface area contributed by atoms with Gasteiger partial charge >= 0.3 is 0 Å². The van der Waals surface area contributed by atoms with Gasteiger partial charge in [-0.05, 0) is 63.7 Å². The largest absolute Gasteiger partial charge is 0.293 e. The molecule has 0 N–H and O–H groups in total. The van der Waals surface area contributed by atoms with Gasteiger partial charge in [0.1, 0.15) is 5.65 Å². The van der Waals surface area contributed by atoms with Crippen molar-refractivity contribution in [1.82, 2.24) is 19.1 Å². The van der Waals surface area contributed by atoms with Crippen molar-refractivity contribution in [2.75, 3.05) is 0 Å². The summed E-state index contributed by atoms with van der Waals surface area (Å²) in [6.07, 6.45) is 0. The molecule has 11 aromatic rings. The van der Waals surface area contributed by atoms with E-state index in [-0.39, 0.29) is 0 Å². The molecule has 0 unspecified atom stereocenters. The molecule has 276 valence electrons. The van der Waals surface area contributed by atoms with E-state index in [4.69, 9.17) is 9.97 Å². The van der Waals surface area contributed by atoms with Gasteiger partial charge in [0.05, 0.1) is 28.1 Å². The SMILES string of the molecule is c1ccc(-c2ccc(-c3ccc(-c4cc(-c5ccccc5-c5ccccc5)nc(-n5c6ccccc6c6c7cccc8c7n(c65)-c5ccccc5S8)n4)cc3)cc2)cc1. The average molecular weight is 771 g/mol. The Labute approximate surface area is 345 Å². The third-order valence-corrected chi connectivity index (χ3v) is 12.7. The van der Waals surface area contributed by atoms with Gasteiger partial charge in [-0.15, -0.1) is 0 Å². The van der Waals surface area contributed by atoms with E-state index < -0.39 is 0 Å². The number of fused-ring (bicyclic) bond motifs is 7. The average Bonchev–Trinajstić information content (AvgIpc) is 3.84. The van der Waals surface area contributed by atoms with E-state index >= 15 is 0 Å². The lowest BCUT2D eigenvalue weighted by molar-refractivity contribution is 0.953. The fraction of sp³-hybridized carbons (Fsp3) is 0. The first-order chi connectivity index (χ1) is 29.3. The lowest BCUT2D eigenvalue weighted by Gasteiger charge is -2.21. The summed E-state index contributed by atoms with van der Waals surface area (Å²) in [5.41, 5.74) is 15.3. The third-order valence-electron chi connectivity index (χ3n) is 11.6. The Balaban J connectivity index is 1.09. The monoisotopic (exact) mass is 770 g/mol. The molecular weight excluding hydrogens is 737 g/mol. The second-order valence-electron chi connectivity index (χ2n) is 15.0. The maximum atomic E-state index is 5.53. The van der Waals surface area contributed by atoms with E-state index in [1.165, 1.54) is 53.8 Å². The number of aromatic nitrogens is 4. The minimum Gasteiger partial charge on any atom is -0.293 e. The van der Waals surface area contributed by atoms with Gasteiger partial charge in [-0.1, -0.05) is 188 Å². The van der Waals surface area contributed by atoms with Crippen LogP contribution in [0.15, 0.2) is 216 Å². The van der Waals surface area contributed by atoms with E-state index in [9.17, 15) is 0 Å². The lowest BCUT2D eigenvalue weighted by Crippen LogP contribution is -2.09. The van der Waals surface area contributed by atoms with Crippen LogP contribution in [0, 0.1) is 0 Å². The molecule has 0 fully saturated rings. The maximum Gasteiger partial charge on any atom is 0.236 e. The molecule has 0 radical (unpaired) electrons. The zero-order chi connectivity index (χ0) is 38.9. The maximum absolute atomic E-state index is 5.53. The van der Waals surface area contributed by atoms with Crippen molar-refractivity contribution in [2.45, 2.75) is 9.79 Å². The van der Waals surface area contributed by atoms with Crippen molar-refractivity contribution < 1.29 is 0 Å². The summed E-state index contributed by atoms with van der Waals surface area (Å²) in [6.45, 7) is 0. The molecule has 59 heavy (non-hydrogen) atoms. The van der Waals surface area contributed by atoms with Gasteiger partial charge in [0.15, 0.2) is 0 Å². The highest BCUT2D eigenvalue weighted by Gasteiger charge is 2.28. The number of hydrogen-bond acceptors (Lipinski definition) is 3. The van der Waals surface area contributed by atoms with Crippen LogP contribution in [0.2, 0.25) is 0 Å². The predicted molar refractivity (Wildman–Crippen MR) is 245 cm³/mol. The molecule has 5 heteroatoms. The first-order valence-electron chi connectivity index (χ1n) is 19.9. The van der Waals surface area contributed by atoms with Gasteiger partial charge in [-0.25, -0.2) is 9.97 Å². The molecule has 12 rings (SSSR count). The van der Waals surface area contributed by atoms with Crippen LogP contribution in [-0.4, -0.2) is 19.1 Å². The molecule has 0 spiro atoms. The van der Waals surface area contributed by atoms with Crippen LogP contribution in [0.1, 0.15) is 0 Å². The Morgan fingerprint density at radius 1 is 0.373 bits per heavy atom. The van der Waals surface area contributed by atoms with Crippen LogP contribution >= 0.6 is 11.8 Å². The zero-order valence-corrected chi connectivity index (χ0v) is 32.6. The third kappa shape index (κ3) is 5.47. The van der Waals surface area contributed by atoms with Gasteiger partial charge in [-0.3, -0.25) is 9.13 Å². The van der Waals surface area contributed by atoms with E-state index in [1.807, 2.05) is 11.8 Å². The Morgan fingerprint density at radius 3 is 1.66 bits per heavy atom. The van der Waals surface area contributed by atoms with Gasteiger partial charge < -0.3 is 0 Å². The van der Waals surface area contributed by atoms with Gasteiger partial charge in [-0.2, -0.15) is 0 Å². The zero-order valence-electron chi connectivity index (χ0n) is 31.8. The first-order valence-corrected chi connectivity index (χ1v) is 20.7. The summed E-state index contributed by atoms with van der Waals surface area (Å²) >= 11 is 1.84. The number of rotatable bonds is 6. The van der Waals surface area contributed by atoms with Gasteiger partial charge in [0.25, 0.3) is 0 Å². The molecule has 4 heterocycles. The van der Waals surface area contributed by atoms with Crippen LogP contribution in [0.25, 0.3) is 100 Å². The Hall–Kier alpha value is -7.47. The summed E-state index contributed by atoms with van der Waals surface area (Å²) in [5.74, 6) is 0.628. The van der Waals surface area contributed by atoms with E-state index in [2.05, 4.69) is 215 Å². The quantitative estimate of drug-likeness (QED) is 0.169. The molecule has 0 saturated carbocycles. The molecule has 1 aliphatic heterocycles. The molecule has 3 aromatic heterocycles. The van der Waals surface area contributed by atoms with Crippen molar-refractivity contribution >= 4 is 44.6 Å². The van der Waals surface area contributed by atoms with E-state index in [0.717, 1.165) is 50.4 Å². The highest BCUT2D eigenvalue weighted by Crippen LogP contribution is 2.49. The topological polar surface area (TPSA) is 35.6 Å². The second kappa shape index (κ2) is 13.6. The fourth-order valence-corrected chi connectivity index (χ4v) is 9.94. The van der Waals surface area contributed by atoms with Crippen molar-refractivity contribution in [2.24, 2.45) is 0 Å². The Bertz CT molecular complexity index is 3380. The molecule has 4 nitrogen and oxygen atoms in total. The smallest absolute Gasteiger partial charge is 0.236 e. The normalized spacial score (nSPS) is 12.0. The summed E-state index contributed by atoms with van der Waals surface area (Å²) in [7, 11) is 0. The van der Waals surface area contributed by atoms with Gasteiger partial charge in [0, 0.05) is 37.1 Å². The van der Waals surface area contributed by atoms with Crippen LogP contribution in [0.5, 0.6) is 0 Å². The minimum atomic E-state index is 0.628. The van der Waals surface area contributed by atoms with Gasteiger partial charge in [0.2, 0.25) is 5.95 Å². The molecule has 0 atom stereocenters. The first kappa shape index (κ1) is 33.6. The van der Waals surface area contributed by atoms with Crippen molar-refractivity contribution in [3.8, 4) is 67.5 Å². The van der Waals surface area contributed by atoms with Crippen LogP contribution < -0.4 is 0 Å². The fourth-order valence-electron chi connectivity index (χ4n) is 8.85. The number of nitrogens with zero attached hydrogens (tertiary/aromatic N) is 4. The Kier molecular flexibility index (Phi) is 7.75. The lowest BCUT2D eigenvalue weighted by atomic mass is 9.96. The van der Waals surface area contributed by atoms with Crippen LogP contribution in [0.4, 0.5) is 0 Å². The van der Waals surface area contributed by atoms with E-state index in [0.29, 0.717) is 5.95 Å². The number of benzene rings is 8. The molecule has 0 bridgehead atoms. The van der Waals surface area contributed by atoms with Crippen molar-refractivity contribution in [3.63, 3.8) is 0 Å². The standard InChI is InChI=1S/C54H34N4S/c1-3-14-35(15-4-1)36-26-28-37(29-27-36)38-30-32-40(33-31-38)45-34-46(42-19-8-7-18-41(42)39-16-5-2-6-17-39)56-54(55-45)58-47-22-10-9-20-43(47)51-44-21-13-25-50-52(44)57(53(51)58)48-23-11-12-24-49(48)59-50/h1-34H. The number of hydrogen-bond donors (Lipinski definition) is 0. The van der Waals surface area contributed by atoms with E-state index in [1.54, 1.807) is 0 Å². The molecule has 0 saturated heterocycles. The Morgan fingerprint density at radius 2 is 0.915 bits per heavy atom. The van der Waals surface area contributed by atoms with Crippen LogP contribution in [0.3, 0.4) is 0 Å². The molecule has 0 amide bonds. The summed E-state index contributed by atoms with van der Waals surface area (Å²) in [5, 5.41) is 3.61. The summed E-state index contributed by atoms with van der Waals surface area (Å²) in [4.78, 5) is 13.5. The molecule has 8 aromatic carbocycles. The molecular formula is C54H34N4S. The summed E-state index contributed by atoms with van der Waals surface area (Å²) < 4.78 is 4.74. The highest BCUT2D eigenvalue weighted by molar-refractivity contribution is 7.99. The highest BCUT2D eigenvalue weighted by atomic mass is 32.2.